The summed E-state index contributed by atoms with van der Waals surface area (Å²) >= 11 is 0. The van der Waals surface area contributed by atoms with Gasteiger partial charge in [-0.25, -0.2) is 0 Å². The Morgan fingerprint density at radius 1 is 1.50 bits per heavy atom. The highest BCUT2D eigenvalue weighted by Gasteiger charge is 2.22. The first kappa shape index (κ1) is 12.5. The third-order valence-corrected chi connectivity index (χ3v) is 3.36. The molecule has 0 unspecified atom stereocenters. The highest BCUT2D eigenvalue weighted by Crippen LogP contribution is 2.39. The van der Waals surface area contributed by atoms with Gasteiger partial charge in [0.2, 0.25) is 0 Å². The molecule has 1 aliphatic heterocycles. The van der Waals surface area contributed by atoms with E-state index < -0.39 is 0 Å². The Morgan fingerprint density at radius 2 is 2.40 bits per heavy atom. The smallest absolute Gasteiger partial charge is 0.178 e. The summed E-state index contributed by atoms with van der Waals surface area (Å²) in [5, 5.41) is 14.7. The maximum atomic E-state index is 6.94. The third-order valence-electron chi connectivity index (χ3n) is 3.36. The Bertz CT molecular complexity index is 675. The van der Waals surface area contributed by atoms with Crippen LogP contribution in [-0.2, 0) is 13.0 Å². The minimum atomic E-state index is 0.376. The van der Waals surface area contributed by atoms with Crippen molar-refractivity contribution in [3.05, 3.63) is 29.5 Å². The van der Waals surface area contributed by atoms with Crippen LogP contribution in [-0.4, -0.2) is 18.0 Å². The van der Waals surface area contributed by atoms with Crippen molar-refractivity contribution in [3.63, 3.8) is 0 Å². The molecule has 0 atom stereocenters. The lowest BCUT2D eigenvalue weighted by Gasteiger charge is -2.21. The lowest BCUT2D eigenvalue weighted by Crippen LogP contribution is -2.14. The molecule has 0 aliphatic carbocycles. The van der Waals surface area contributed by atoms with E-state index >= 15 is 0 Å². The minimum absolute atomic E-state index is 0.376. The summed E-state index contributed by atoms with van der Waals surface area (Å²) < 4.78 is 11.0. The molecule has 2 aromatic rings. The fraction of sp³-hybridized carbons (Fsp3) is 0.286. The highest BCUT2D eigenvalue weighted by molar-refractivity contribution is 5.94. The predicted octanol–water partition coefficient (Wildman–Crippen LogP) is 1.99. The lowest BCUT2D eigenvalue weighted by atomic mass is 9.97. The lowest BCUT2D eigenvalue weighted by molar-refractivity contribution is 0.291. The van der Waals surface area contributed by atoms with Crippen molar-refractivity contribution < 1.29 is 9.26 Å². The van der Waals surface area contributed by atoms with E-state index in [-0.39, 0.29) is 0 Å². The Hall–Kier alpha value is -2.50. The van der Waals surface area contributed by atoms with Crippen LogP contribution in [0.3, 0.4) is 0 Å². The van der Waals surface area contributed by atoms with E-state index in [2.05, 4.69) is 10.5 Å². The number of fused-ring (bicyclic) bond motifs is 3. The predicted molar refractivity (Wildman–Crippen MR) is 77.0 cm³/mol. The molecule has 1 aliphatic rings. The number of anilines is 1. The van der Waals surface area contributed by atoms with E-state index in [0.717, 1.165) is 35.1 Å². The number of aromatic nitrogens is 1. The average molecular weight is 272 g/mol. The summed E-state index contributed by atoms with van der Waals surface area (Å²) in [4.78, 5) is 0. The zero-order chi connectivity index (χ0) is 13.9. The molecular formula is C14H16N4O2. The molecule has 0 saturated carbocycles. The van der Waals surface area contributed by atoms with Gasteiger partial charge in [-0.05, 0) is 36.7 Å². The van der Waals surface area contributed by atoms with Crippen LogP contribution in [0.5, 0.6) is 5.75 Å². The SMILES string of the molecule is N=C/C=C\NCc1cc2onc(N)c2c2c1CCCO2. The van der Waals surface area contributed by atoms with Gasteiger partial charge in [-0.2, -0.15) is 0 Å². The summed E-state index contributed by atoms with van der Waals surface area (Å²) in [6, 6.07) is 1.96. The summed E-state index contributed by atoms with van der Waals surface area (Å²) in [5.74, 6) is 1.18. The third kappa shape index (κ3) is 2.09. The molecule has 0 radical (unpaired) electrons. The number of nitrogen functional groups attached to an aromatic ring is 1. The van der Waals surface area contributed by atoms with Crippen LogP contribution in [0.25, 0.3) is 11.0 Å². The molecule has 104 valence electrons. The molecule has 0 amide bonds. The number of nitrogens with two attached hydrogens (primary N) is 1. The second-order valence-corrected chi connectivity index (χ2v) is 4.64. The van der Waals surface area contributed by atoms with Crippen molar-refractivity contribution >= 4 is 23.0 Å². The van der Waals surface area contributed by atoms with Crippen LogP contribution in [0.4, 0.5) is 5.82 Å². The van der Waals surface area contributed by atoms with Crippen LogP contribution >= 0.6 is 0 Å². The van der Waals surface area contributed by atoms with Crippen LogP contribution in [0.2, 0.25) is 0 Å². The van der Waals surface area contributed by atoms with Gasteiger partial charge in [-0.15, -0.1) is 0 Å². The first-order chi connectivity index (χ1) is 9.81. The zero-order valence-corrected chi connectivity index (χ0v) is 11.0. The Kier molecular flexibility index (Phi) is 3.28. The second-order valence-electron chi connectivity index (χ2n) is 4.64. The van der Waals surface area contributed by atoms with E-state index in [1.54, 1.807) is 12.3 Å². The standard InChI is InChI=1S/C14H16N4O2/c15-4-2-5-17-8-9-7-11-12(14(16)18-20-11)13-10(9)3-1-6-19-13/h2,4-5,7,15,17H,1,3,6,8H2,(H2,16,18)/b5-2-,15-4?. The molecule has 1 aromatic heterocycles. The van der Waals surface area contributed by atoms with Crippen molar-refractivity contribution in [1.82, 2.24) is 10.5 Å². The molecule has 20 heavy (non-hydrogen) atoms. The van der Waals surface area contributed by atoms with Crippen molar-refractivity contribution in [3.8, 4) is 5.75 Å². The molecule has 0 spiro atoms. The van der Waals surface area contributed by atoms with E-state index in [1.807, 2.05) is 6.07 Å². The molecule has 6 heteroatoms. The summed E-state index contributed by atoms with van der Waals surface area (Å²) in [7, 11) is 0. The quantitative estimate of drug-likeness (QED) is 0.739. The van der Waals surface area contributed by atoms with Crippen LogP contribution in [0.1, 0.15) is 17.5 Å². The van der Waals surface area contributed by atoms with Crippen molar-refractivity contribution in [1.29, 1.82) is 5.41 Å². The van der Waals surface area contributed by atoms with Gasteiger partial charge in [0.05, 0.1) is 6.61 Å². The van der Waals surface area contributed by atoms with Crippen LogP contribution in [0.15, 0.2) is 22.9 Å². The number of benzene rings is 1. The molecule has 0 saturated heterocycles. The Balaban J connectivity index is 2.03. The zero-order valence-electron chi connectivity index (χ0n) is 11.0. The number of ether oxygens (including phenoxy) is 1. The second kappa shape index (κ2) is 5.24. The molecule has 0 fully saturated rings. The van der Waals surface area contributed by atoms with Gasteiger partial charge in [-0.1, -0.05) is 5.16 Å². The van der Waals surface area contributed by atoms with E-state index in [1.165, 1.54) is 6.21 Å². The fourth-order valence-corrected chi connectivity index (χ4v) is 2.48. The van der Waals surface area contributed by atoms with Gasteiger partial charge in [-0.3, -0.25) is 0 Å². The molecule has 6 nitrogen and oxygen atoms in total. The van der Waals surface area contributed by atoms with Crippen molar-refractivity contribution in [2.45, 2.75) is 19.4 Å². The van der Waals surface area contributed by atoms with Gasteiger partial charge in [0.1, 0.15) is 11.1 Å². The molecule has 0 bridgehead atoms. The molecule has 2 heterocycles. The summed E-state index contributed by atoms with van der Waals surface area (Å²) in [5.41, 5.74) is 8.77. The fourth-order valence-electron chi connectivity index (χ4n) is 2.48. The maximum absolute atomic E-state index is 6.94. The van der Waals surface area contributed by atoms with E-state index in [4.69, 9.17) is 20.4 Å². The number of nitrogens with one attached hydrogen (secondary N) is 2. The Morgan fingerprint density at radius 3 is 3.25 bits per heavy atom. The first-order valence-electron chi connectivity index (χ1n) is 6.52. The monoisotopic (exact) mass is 272 g/mol. The van der Waals surface area contributed by atoms with Crippen LogP contribution < -0.4 is 15.8 Å². The molecule has 3 rings (SSSR count). The van der Waals surface area contributed by atoms with Crippen LogP contribution in [0, 0.1) is 5.41 Å². The average Bonchev–Trinajstić information content (AvgIpc) is 2.85. The summed E-state index contributed by atoms with van der Waals surface area (Å²) in [6.45, 7) is 1.34. The number of rotatable bonds is 4. The minimum Gasteiger partial charge on any atom is -0.492 e. The van der Waals surface area contributed by atoms with Gasteiger partial charge in [0.15, 0.2) is 11.4 Å². The number of hydrogen-bond acceptors (Lipinski definition) is 6. The largest absolute Gasteiger partial charge is 0.492 e. The number of allylic oxidation sites excluding steroid dienone is 1. The summed E-state index contributed by atoms with van der Waals surface area (Å²) in [6.07, 6.45) is 6.55. The van der Waals surface area contributed by atoms with Gasteiger partial charge >= 0.3 is 0 Å². The topological polar surface area (TPSA) is 97.2 Å². The first-order valence-corrected chi connectivity index (χ1v) is 6.52. The number of hydrogen-bond donors (Lipinski definition) is 3. The maximum Gasteiger partial charge on any atom is 0.178 e. The normalized spacial score (nSPS) is 14.2. The van der Waals surface area contributed by atoms with Crippen molar-refractivity contribution in [2.75, 3.05) is 12.3 Å². The molecule has 4 N–H and O–H groups in total. The van der Waals surface area contributed by atoms with Gasteiger partial charge in [0.25, 0.3) is 0 Å². The van der Waals surface area contributed by atoms with E-state index in [0.29, 0.717) is 24.6 Å². The van der Waals surface area contributed by atoms with E-state index in [9.17, 15) is 0 Å². The molecule has 1 aromatic carbocycles. The molecular weight excluding hydrogens is 256 g/mol. The van der Waals surface area contributed by atoms with Gasteiger partial charge < -0.3 is 25.7 Å². The van der Waals surface area contributed by atoms with Crippen molar-refractivity contribution in [2.24, 2.45) is 0 Å². The van der Waals surface area contributed by atoms with Gasteiger partial charge in [0, 0.05) is 18.3 Å². The Labute approximate surface area is 116 Å². The number of nitrogens with zero attached hydrogens (tertiary/aromatic N) is 1. The highest BCUT2D eigenvalue weighted by atomic mass is 16.5.